The number of rotatable bonds is 2. The summed E-state index contributed by atoms with van der Waals surface area (Å²) in [5.74, 6) is -0.893. The quantitative estimate of drug-likeness (QED) is 0.358. The molecule has 0 aromatic carbocycles. The molecule has 2 rings (SSSR count). The first-order valence-electron chi connectivity index (χ1n) is 5.38. The molecule has 0 spiro atoms. The Kier molecular flexibility index (Phi) is 4.27. The largest absolute Gasteiger partial charge is 0.465 e. The second kappa shape index (κ2) is 5.94. The lowest BCUT2D eigenvalue weighted by Crippen LogP contribution is -2.25. The Morgan fingerprint density at radius 2 is 2.40 bits per heavy atom. The molecule has 1 amide bonds. The number of pyridine rings is 1. The number of thioether (sulfide) groups is 1. The Hall–Kier alpha value is -2.04. The Bertz CT molecular complexity index is 654. The van der Waals surface area contributed by atoms with E-state index in [1.54, 1.807) is 12.1 Å². The number of esters is 1. The molecule has 20 heavy (non-hydrogen) atoms. The van der Waals surface area contributed by atoms with Gasteiger partial charge in [0.2, 0.25) is 5.91 Å². The van der Waals surface area contributed by atoms with Crippen molar-refractivity contribution in [2.45, 2.75) is 0 Å². The highest BCUT2D eigenvalue weighted by Gasteiger charge is 2.33. The molecule has 1 aromatic rings. The third-order valence-electron chi connectivity index (χ3n) is 2.47. The minimum absolute atomic E-state index is 0.136. The molecule has 102 valence electrons. The fourth-order valence-electron chi connectivity index (χ4n) is 1.63. The highest BCUT2D eigenvalue weighted by atomic mass is 35.5. The number of anilines is 1. The predicted molar refractivity (Wildman–Crippen MR) is 73.8 cm³/mol. The second-order valence-corrected chi connectivity index (χ2v) is 4.99. The molecule has 0 aliphatic carbocycles. The van der Waals surface area contributed by atoms with Crippen molar-refractivity contribution in [3.8, 4) is 6.07 Å². The molecule has 0 N–H and O–H groups in total. The summed E-state index contributed by atoms with van der Waals surface area (Å²) in [5, 5.41) is 9.55. The van der Waals surface area contributed by atoms with Crippen LogP contribution in [0.5, 0.6) is 0 Å². The monoisotopic (exact) mass is 309 g/mol. The fraction of sp³-hybridized carbons (Fsp3) is 0.167. The number of amides is 1. The summed E-state index contributed by atoms with van der Waals surface area (Å²) in [6, 6.07) is 4.83. The van der Waals surface area contributed by atoms with Gasteiger partial charge >= 0.3 is 5.97 Å². The number of methoxy groups -OCH3 is 1. The minimum atomic E-state index is -0.783. The van der Waals surface area contributed by atoms with Crippen LogP contribution in [-0.2, 0) is 14.3 Å². The van der Waals surface area contributed by atoms with Gasteiger partial charge in [0.05, 0.1) is 18.6 Å². The van der Waals surface area contributed by atoms with E-state index in [0.29, 0.717) is 5.69 Å². The van der Waals surface area contributed by atoms with E-state index in [2.05, 4.69) is 9.72 Å². The Balaban J connectivity index is 2.54. The molecule has 0 saturated carbocycles. The molecule has 8 heteroatoms. The SMILES string of the molecule is COC(=O)/C(C#N)=C1\SCC(=O)N1c1ccnc(Cl)c1. The van der Waals surface area contributed by atoms with E-state index >= 15 is 0 Å². The number of ether oxygens (including phenoxy) is 1. The van der Waals surface area contributed by atoms with Crippen LogP contribution < -0.4 is 4.90 Å². The molecular formula is C12H8ClN3O3S. The van der Waals surface area contributed by atoms with E-state index in [4.69, 9.17) is 16.9 Å². The lowest BCUT2D eigenvalue weighted by molar-refractivity contribution is -0.135. The van der Waals surface area contributed by atoms with Gasteiger partial charge < -0.3 is 4.74 Å². The predicted octanol–water partition coefficient (Wildman–Crippen LogP) is 1.72. The van der Waals surface area contributed by atoms with Crippen LogP contribution in [0.15, 0.2) is 28.9 Å². The topological polar surface area (TPSA) is 83.3 Å². The summed E-state index contributed by atoms with van der Waals surface area (Å²) >= 11 is 6.90. The molecular weight excluding hydrogens is 302 g/mol. The fourth-order valence-corrected chi connectivity index (χ4v) is 2.80. The Labute approximate surface area is 124 Å². The first kappa shape index (κ1) is 14.4. The van der Waals surface area contributed by atoms with Crippen molar-refractivity contribution in [2.75, 3.05) is 17.8 Å². The van der Waals surface area contributed by atoms with Gasteiger partial charge in [-0.3, -0.25) is 9.69 Å². The molecule has 6 nitrogen and oxygen atoms in total. The van der Waals surface area contributed by atoms with Gasteiger partial charge in [0.25, 0.3) is 0 Å². The zero-order valence-corrected chi connectivity index (χ0v) is 11.9. The number of carbonyl (C=O) groups is 2. The van der Waals surface area contributed by atoms with Gasteiger partial charge in [-0.2, -0.15) is 5.26 Å². The van der Waals surface area contributed by atoms with Gasteiger partial charge in [0.1, 0.15) is 16.3 Å². The van der Waals surface area contributed by atoms with E-state index in [-0.39, 0.29) is 27.4 Å². The number of nitriles is 1. The highest BCUT2D eigenvalue weighted by Crippen LogP contribution is 2.36. The van der Waals surface area contributed by atoms with Crippen molar-refractivity contribution in [2.24, 2.45) is 0 Å². The van der Waals surface area contributed by atoms with Crippen LogP contribution in [0, 0.1) is 11.3 Å². The summed E-state index contributed by atoms with van der Waals surface area (Å²) in [6.45, 7) is 0. The van der Waals surface area contributed by atoms with E-state index in [9.17, 15) is 9.59 Å². The standard InChI is InChI=1S/C12H8ClN3O3S/c1-19-12(18)8(5-14)11-16(10(17)6-20-11)7-2-3-15-9(13)4-7/h2-4H,6H2,1H3/b11-8-. The normalized spacial score (nSPS) is 16.9. The number of hydrogen-bond donors (Lipinski definition) is 0. The van der Waals surface area contributed by atoms with Crippen LogP contribution in [0.4, 0.5) is 5.69 Å². The van der Waals surface area contributed by atoms with Gasteiger partial charge in [0, 0.05) is 6.20 Å². The Morgan fingerprint density at radius 3 is 3.00 bits per heavy atom. The molecule has 0 atom stereocenters. The second-order valence-electron chi connectivity index (χ2n) is 3.64. The number of aromatic nitrogens is 1. The summed E-state index contributed by atoms with van der Waals surface area (Å²) in [6.07, 6.45) is 1.44. The molecule has 1 saturated heterocycles. The third kappa shape index (κ3) is 2.61. The molecule has 0 bridgehead atoms. The van der Waals surface area contributed by atoms with Crippen LogP contribution >= 0.6 is 23.4 Å². The van der Waals surface area contributed by atoms with Crippen LogP contribution in [0.3, 0.4) is 0 Å². The number of hydrogen-bond acceptors (Lipinski definition) is 6. The van der Waals surface area contributed by atoms with Crippen molar-refractivity contribution in [1.29, 1.82) is 5.26 Å². The van der Waals surface area contributed by atoms with Crippen molar-refractivity contribution in [3.63, 3.8) is 0 Å². The summed E-state index contributed by atoms with van der Waals surface area (Å²) < 4.78 is 4.55. The minimum Gasteiger partial charge on any atom is -0.465 e. The van der Waals surface area contributed by atoms with Crippen molar-refractivity contribution >= 4 is 40.9 Å². The summed E-state index contributed by atoms with van der Waals surface area (Å²) in [4.78, 5) is 28.7. The zero-order valence-electron chi connectivity index (χ0n) is 10.3. The first-order chi connectivity index (χ1) is 9.58. The van der Waals surface area contributed by atoms with Crippen molar-refractivity contribution in [1.82, 2.24) is 4.98 Å². The number of carbonyl (C=O) groups excluding carboxylic acids is 2. The molecule has 2 heterocycles. The maximum Gasteiger partial charge on any atom is 0.351 e. The van der Waals surface area contributed by atoms with E-state index < -0.39 is 5.97 Å². The van der Waals surface area contributed by atoms with Gasteiger partial charge in [-0.25, -0.2) is 9.78 Å². The Morgan fingerprint density at radius 1 is 1.65 bits per heavy atom. The first-order valence-corrected chi connectivity index (χ1v) is 6.75. The molecule has 0 unspecified atom stereocenters. The van der Waals surface area contributed by atoms with Gasteiger partial charge in [-0.15, -0.1) is 0 Å². The van der Waals surface area contributed by atoms with E-state index in [1.165, 1.54) is 24.3 Å². The smallest absolute Gasteiger partial charge is 0.351 e. The lowest BCUT2D eigenvalue weighted by Gasteiger charge is -2.17. The van der Waals surface area contributed by atoms with Crippen molar-refractivity contribution in [3.05, 3.63) is 34.1 Å². The maximum atomic E-state index is 12.0. The van der Waals surface area contributed by atoms with Crippen molar-refractivity contribution < 1.29 is 14.3 Å². The van der Waals surface area contributed by atoms with Crippen LogP contribution in [0.2, 0.25) is 5.15 Å². The summed E-state index contributed by atoms with van der Waals surface area (Å²) in [7, 11) is 1.18. The number of halogens is 1. The molecule has 1 aliphatic heterocycles. The molecule has 1 aliphatic rings. The third-order valence-corrected chi connectivity index (χ3v) is 3.73. The number of nitrogens with zero attached hydrogens (tertiary/aromatic N) is 3. The van der Waals surface area contributed by atoms with E-state index in [0.717, 1.165) is 11.8 Å². The van der Waals surface area contributed by atoms with Gasteiger partial charge in [-0.1, -0.05) is 23.4 Å². The molecule has 0 radical (unpaired) electrons. The highest BCUT2D eigenvalue weighted by molar-refractivity contribution is 8.04. The summed E-state index contributed by atoms with van der Waals surface area (Å²) in [5.41, 5.74) is 0.239. The zero-order chi connectivity index (χ0) is 14.7. The van der Waals surface area contributed by atoms with Gasteiger partial charge in [0.15, 0.2) is 5.57 Å². The lowest BCUT2D eigenvalue weighted by atomic mass is 10.3. The average molecular weight is 310 g/mol. The maximum absolute atomic E-state index is 12.0. The van der Waals surface area contributed by atoms with Crippen LogP contribution in [-0.4, -0.2) is 29.7 Å². The van der Waals surface area contributed by atoms with E-state index in [1.807, 2.05) is 0 Å². The molecule has 1 fully saturated rings. The van der Waals surface area contributed by atoms with Gasteiger partial charge in [-0.05, 0) is 12.1 Å². The average Bonchev–Trinajstić information content (AvgIpc) is 2.81. The molecule has 1 aromatic heterocycles. The van der Waals surface area contributed by atoms with Crippen LogP contribution in [0.1, 0.15) is 0 Å². The van der Waals surface area contributed by atoms with Crippen LogP contribution in [0.25, 0.3) is 0 Å².